The third kappa shape index (κ3) is 2.14. The SMILES string of the molecule is O=C(O)c1cccc2cccc(-c3nc4ccccc4c(=O)[nH]3)c12. The van der Waals surface area contributed by atoms with Crippen molar-refractivity contribution in [2.45, 2.75) is 0 Å². The highest BCUT2D eigenvalue weighted by Crippen LogP contribution is 2.29. The summed E-state index contributed by atoms with van der Waals surface area (Å²) < 4.78 is 0. The summed E-state index contributed by atoms with van der Waals surface area (Å²) in [6, 6.07) is 17.6. The number of aromatic nitrogens is 2. The van der Waals surface area contributed by atoms with Gasteiger partial charge in [-0.25, -0.2) is 9.78 Å². The Balaban J connectivity index is 2.11. The van der Waals surface area contributed by atoms with Crippen LogP contribution in [-0.2, 0) is 0 Å². The summed E-state index contributed by atoms with van der Waals surface area (Å²) in [6.07, 6.45) is 0. The molecule has 0 aliphatic carbocycles. The van der Waals surface area contributed by atoms with Crippen molar-refractivity contribution in [1.82, 2.24) is 9.97 Å². The zero-order chi connectivity index (χ0) is 16.7. The van der Waals surface area contributed by atoms with Crippen LogP contribution in [0.5, 0.6) is 0 Å². The van der Waals surface area contributed by atoms with Gasteiger partial charge in [0.1, 0.15) is 5.82 Å². The van der Waals surface area contributed by atoms with E-state index in [1.807, 2.05) is 24.3 Å². The fraction of sp³-hybridized carbons (Fsp3) is 0. The van der Waals surface area contributed by atoms with Crippen molar-refractivity contribution in [3.8, 4) is 11.4 Å². The minimum atomic E-state index is -1.02. The molecule has 4 aromatic rings. The molecule has 5 nitrogen and oxygen atoms in total. The van der Waals surface area contributed by atoms with E-state index >= 15 is 0 Å². The summed E-state index contributed by atoms with van der Waals surface area (Å²) in [6.45, 7) is 0. The highest BCUT2D eigenvalue weighted by molar-refractivity contribution is 6.09. The Morgan fingerprint density at radius 1 is 0.958 bits per heavy atom. The monoisotopic (exact) mass is 316 g/mol. The summed E-state index contributed by atoms with van der Waals surface area (Å²) in [5.74, 6) is -0.658. The molecule has 0 saturated heterocycles. The molecule has 0 aliphatic rings. The molecule has 1 aromatic heterocycles. The van der Waals surface area contributed by atoms with Crippen LogP contribution in [0.3, 0.4) is 0 Å². The maximum absolute atomic E-state index is 12.3. The van der Waals surface area contributed by atoms with Gasteiger partial charge in [0.25, 0.3) is 5.56 Å². The van der Waals surface area contributed by atoms with Gasteiger partial charge >= 0.3 is 5.97 Å². The summed E-state index contributed by atoms with van der Waals surface area (Å²) in [7, 11) is 0. The van der Waals surface area contributed by atoms with Crippen molar-refractivity contribution >= 4 is 27.6 Å². The van der Waals surface area contributed by atoms with Gasteiger partial charge in [0.15, 0.2) is 0 Å². The second kappa shape index (κ2) is 5.31. The van der Waals surface area contributed by atoms with Crippen molar-refractivity contribution in [2.24, 2.45) is 0 Å². The smallest absolute Gasteiger partial charge is 0.336 e. The fourth-order valence-corrected chi connectivity index (χ4v) is 2.93. The Kier molecular flexibility index (Phi) is 3.13. The number of fused-ring (bicyclic) bond motifs is 2. The third-order valence-corrected chi connectivity index (χ3v) is 4.00. The van der Waals surface area contributed by atoms with Crippen LogP contribution < -0.4 is 5.56 Å². The summed E-state index contributed by atoms with van der Waals surface area (Å²) in [4.78, 5) is 31.2. The van der Waals surface area contributed by atoms with Crippen LogP contribution in [0.15, 0.2) is 65.5 Å². The van der Waals surface area contributed by atoms with Gasteiger partial charge in [-0.3, -0.25) is 4.79 Å². The number of para-hydroxylation sites is 1. The zero-order valence-corrected chi connectivity index (χ0v) is 12.5. The lowest BCUT2D eigenvalue weighted by Crippen LogP contribution is -2.10. The lowest BCUT2D eigenvalue weighted by atomic mass is 9.98. The van der Waals surface area contributed by atoms with Crippen LogP contribution in [0.25, 0.3) is 33.1 Å². The van der Waals surface area contributed by atoms with Crippen molar-refractivity contribution in [2.75, 3.05) is 0 Å². The number of aromatic amines is 1. The lowest BCUT2D eigenvalue weighted by molar-refractivity contribution is 0.0699. The molecule has 0 atom stereocenters. The molecule has 5 heteroatoms. The van der Waals surface area contributed by atoms with E-state index in [0.29, 0.717) is 27.7 Å². The molecular formula is C19H12N2O3. The fourth-order valence-electron chi connectivity index (χ4n) is 2.93. The number of hydrogen-bond donors (Lipinski definition) is 2. The predicted molar refractivity (Wildman–Crippen MR) is 92.3 cm³/mol. The number of hydrogen-bond acceptors (Lipinski definition) is 3. The van der Waals surface area contributed by atoms with Crippen LogP contribution in [-0.4, -0.2) is 21.0 Å². The van der Waals surface area contributed by atoms with E-state index in [1.54, 1.807) is 36.4 Å². The average molecular weight is 316 g/mol. The second-order valence-corrected chi connectivity index (χ2v) is 5.45. The highest BCUT2D eigenvalue weighted by atomic mass is 16.4. The average Bonchev–Trinajstić information content (AvgIpc) is 2.60. The Bertz CT molecular complexity index is 1160. The van der Waals surface area contributed by atoms with Crippen molar-refractivity contribution < 1.29 is 9.90 Å². The van der Waals surface area contributed by atoms with Gasteiger partial charge in [-0.15, -0.1) is 0 Å². The topological polar surface area (TPSA) is 83.0 Å². The van der Waals surface area contributed by atoms with E-state index in [2.05, 4.69) is 9.97 Å². The second-order valence-electron chi connectivity index (χ2n) is 5.45. The van der Waals surface area contributed by atoms with Gasteiger partial charge in [0, 0.05) is 10.9 Å². The molecule has 116 valence electrons. The minimum Gasteiger partial charge on any atom is -0.478 e. The van der Waals surface area contributed by atoms with Gasteiger partial charge in [-0.2, -0.15) is 0 Å². The van der Waals surface area contributed by atoms with Crippen molar-refractivity contribution in [3.05, 3.63) is 76.6 Å². The first-order valence-corrected chi connectivity index (χ1v) is 7.39. The zero-order valence-electron chi connectivity index (χ0n) is 12.5. The van der Waals surface area contributed by atoms with Crippen LogP contribution in [0.2, 0.25) is 0 Å². The molecule has 0 amide bonds. The maximum atomic E-state index is 12.3. The molecule has 3 aromatic carbocycles. The van der Waals surface area contributed by atoms with Gasteiger partial charge in [-0.1, -0.05) is 42.5 Å². The predicted octanol–water partition coefficient (Wildman–Crippen LogP) is 3.44. The first-order chi connectivity index (χ1) is 11.6. The summed E-state index contributed by atoms with van der Waals surface area (Å²) >= 11 is 0. The van der Waals surface area contributed by atoms with Gasteiger partial charge in [0.2, 0.25) is 0 Å². The normalized spacial score (nSPS) is 11.0. The Morgan fingerprint density at radius 3 is 2.50 bits per heavy atom. The number of nitrogens with zero attached hydrogens (tertiary/aromatic N) is 1. The van der Waals surface area contributed by atoms with Gasteiger partial charge in [0.05, 0.1) is 16.5 Å². The molecule has 4 rings (SSSR count). The molecule has 0 bridgehead atoms. The molecule has 2 N–H and O–H groups in total. The lowest BCUT2D eigenvalue weighted by Gasteiger charge is -2.09. The molecule has 0 fully saturated rings. The molecule has 0 aliphatic heterocycles. The molecular weight excluding hydrogens is 304 g/mol. The van der Waals surface area contributed by atoms with E-state index < -0.39 is 5.97 Å². The van der Waals surface area contributed by atoms with Crippen molar-refractivity contribution in [1.29, 1.82) is 0 Å². The summed E-state index contributed by atoms with van der Waals surface area (Å²) in [5, 5.41) is 11.3. The molecule has 1 heterocycles. The number of carboxylic acids is 1. The van der Waals surface area contributed by atoms with E-state index in [9.17, 15) is 14.7 Å². The van der Waals surface area contributed by atoms with Crippen LogP contribution in [0.4, 0.5) is 0 Å². The number of benzene rings is 3. The number of carbonyl (C=O) groups is 1. The molecule has 0 saturated carbocycles. The standard InChI is InChI=1S/C19H12N2O3/c22-18-12-7-1-2-10-15(12)20-17(21-18)13-8-3-5-11-6-4-9-14(16(11)13)19(23)24/h1-10H,(H,23,24)(H,20,21,22). The molecule has 0 spiro atoms. The molecule has 0 radical (unpaired) electrons. The number of rotatable bonds is 2. The first-order valence-electron chi connectivity index (χ1n) is 7.39. The Hall–Kier alpha value is -3.47. The summed E-state index contributed by atoms with van der Waals surface area (Å²) in [5.41, 5.74) is 1.09. The number of carboxylic acid groups (broad SMARTS) is 1. The number of nitrogens with one attached hydrogen (secondary N) is 1. The van der Waals surface area contributed by atoms with Gasteiger partial charge < -0.3 is 10.1 Å². The van der Waals surface area contributed by atoms with Crippen LogP contribution in [0.1, 0.15) is 10.4 Å². The number of aromatic carboxylic acids is 1. The Morgan fingerprint density at radius 2 is 1.71 bits per heavy atom. The van der Waals surface area contributed by atoms with Gasteiger partial charge in [-0.05, 0) is 23.6 Å². The van der Waals surface area contributed by atoms with E-state index in [-0.39, 0.29) is 11.1 Å². The Labute approximate surface area is 136 Å². The largest absolute Gasteiger partial charge is 0.478 e. The quantitative estimate of drug-likeness (QED) is 0.593. The molecule has 24 heavy (non-hydrogen) atoms. The van der Waals surface area contributed by atoms with E-state index in [1.165, 1.54) is 0 Å². The number of H-pyrrole nitrogens is 1. The maximum Gasteiger partial charge on any atom is 0.336 e. The first kappa shape index (κ1) is 14.1. The minimum absolute atomic E-state index is 0.180. The van der Waals surface area contributed by atoms with Crippen LogP contribution in [0, 0.1) is 0 Å². The van der Waals surface area contributed by atoms with E-state index in [0.717, 1.165) is 5.39 Å². The van der Waals surface area contributed by atoms with Crippen molar-refractivity contribution in [3.63, 3.8) is 0 Å². The van der Waals surface area contributed by atoms with E-state index in [4.69, 9.17) is 0 Å². The third-order valence-electron chi connectivity index (χ3n) is 4.00. The highest BCUT2D eigenvalue weighted by Gasteiger charge is 2.15. The molecule has 0 unspecified atom stereocenters. The van der Waals surface area contributed by atoms with Crippen LogP contribution >= 0.6 is 0 Å².